The van der Waals surface area contributed by atoms with Gasteiger partial charge in [-0.05, 0) is 62.9 Å². The lowest BCUT2D eigenvalue weighted by Crippen LogP contribution is -2.35. The summed E-state index contributed by atoms with van der Waals surface area (Å²) < 4.78 is 0. The van der Waals surface area contributed by atoms with Crippen molar-refractivity contribution < 1.29 is 0 Å². The SMILES string of the molecule is Cc1cc(C)c(C(C)(C)CNCCC(C)N)cc1C. The third-order valence-electron chi connectivity index (χ3n) is 3.91. The highest BCUT2D eigenvalue weighted by Crippen LogP contribution is 2.28. The molecule has 0 aliphatic rings. The minimum absolute atomic E-state index is 0.153. The molecule has 0 saturated heterocycles. The van der Waals surface area contributed by atoms with Crippen LogP contribution < -0.4 is 11.1 Å². The second kappa shape index (κ2) is 6.53. The Balaban J connectivity index is 2.74. The Bertz CT molecular complexity index is 420. The van der Waals surface area contributed by atoms with Crippen LogP contribution in [0, 0.1) is 20.8 Å². The molecule has 0 aliphatic heterocycles. The maximum absolute atomic E-state index is 5.77. The molecule has 0 spiro atoms. The molecule has 0 amide bonds. The number of nitrogens with two attached hydrogens (primary N) is 1. The van der Waals surface area contributed by atoms with Crippen molar-refractivity contribution in [1.82, 2.24) is 5.32 Å². The van der Waals surface area contributed by atoms with Gasteiger partial charge in [-0.2, -0.15) is 0 Å². The zero-order valence-corrected chi connectivity index (χ0v) is 13.4. The summed E-state index contributed by atoms with van der Waals surface area (Å²) in [7, 11) is 0. The van der Waals surface area contributed by atoms with Gasteiger partial charge in [0.25, 0.3) is 0 Å². The normalized spacial score (nSPS) is 13.6. The van der Waals surface area contributed by atoms with E-state index in [0.29, 0.717) is 0 Å². The van der Waals surface area contributed by atoms with Gasteiger partial charge in [0.15, 0.2) is 0 Å². The molecule has 0 aliphatic carbocycles. The minimum Gasteiger partial charge on any atom is -0.328 e. The van der Waals surface area contributed by atoms with Crippen LogP contribution in [0.1, 0.15) is 49.4 Å². The first-order chi connectivity index (χ1) is 8.74. The van der Waals surface area contributed by atoms with Crippen LogP contribution in [-0.4, -0.2) is 19.1 Å². The van der Waals surface area contributed by atoms with Gasteiger partial charge in [-0.1, -0.05) is 26.0 Å². The third-order valence-corrected chi connectivity index (χ3v) is 3.91. The van der Waals surface area contributed by atoms with E-state index in [4.69, 9.17) is 5.73 Å². The van der Waals surface area contributed by atoms with Crippen molar-refractivity contribution in [2.45, 2.75) is 59.4 Å². The van der Waals surface area contributed by atoms with E-state index < -0.39 is 0 Å². The molecule has 2 heteroatoms. The number of hydrogen-bond acceptors (Lipinski definition) is 2. The van der Waals surface area contributed by atoms with Gasteiger partial charge in [-0.3, -0.25) is 0 Å². The van der Waals surface area contributed by atoms with Gasteiger partial charge in [0, 0.05) is 18.0 Å². The molecule has 2 nitrogen and oxygen atoms in total. The molecule has 3 N–H and O–H groups in total. The van der Waals surface area contributed by atoms with E-state index in [1.54, 1.807) is 0 Å². The van der Waals surface area contributed by atoms with Crippen LogP contribution in [0.5, 0.6) is 0 Å². The number of nitrogens with one attached hydrogen (secondary N) is 1. The first-order valence-corrected chi connectivity index (χ1v) is 7.28. The Morgan fingerprint density at radius 1 is 1.11 bits per heavy atom. The van der Waals surface area contributed by atoms with Crippen LogP contribution in [0.3, 0.4) is 0 Å². The van der Waals surface area contributed by atoms with Crippen LogP contribution >= 0.6 is 0 Å². The van der Waals surface area contributed by atoms with E-state index in [2.05, 4.69) is 59.0 Å². The molecule has 0 saturated carbocycles. The van der Waals surface area contributed by atoms with E-state index >= 15 is 0 Å². The fraction of sp³-hybridized carbons (Fsp3) is 0.647. The topological polar surface area (TPSA) is 38.0 Å². The molecule has 1 rings (SSSR count). The molecule has 19 heavy (non-hydrogen) atoms. The standard InChI is InChI=1S/C17H30N2/c1-12-9-14(3)16(10-13(12)2)17(5,6)11-19-8-7-15(4)18/h9-10,15,19H,7-8,11,18H2,1-6H3. The number of rotatable bonds is 6. The van der Waals surface area contributed by atoms with Gasteiger partial charge in [-0.15, -0.1) is 0 Å². The number of hydrogen-bond donors (Lipinski definition) is 2. The van der Waals surface area contributed by atoms with E-state index in [9.17, 15) is 0 Å². The summed E-state index contributed by atoms with van der Waals surface area (Å²) in [5, 5.41) is 3.54. The summed E-state index contributed by atoms with van der Waals surface area (Å²) in [6, 6.07) is 4.92. The molecular formula is C17H30N2. The first-order valence-electron chi connectivity index (χ1n) is 7.28. The zero-order valence-electron chi connectivity index (χ0n) is 13.4. The smallest absolute Gasteiger partial charge is 0.00432 e. The van der Waals surface area contributed by atoms with Crippen LogP contribution in [0.25, 0.3) is 0 Å². The maximum Gasteiger partial charge on any atom is 0.00432 e. The van der Waals surface area contributed by atoms with Gasteiger partial charge in [0.05, 0.1) is 0 Å². The summed E-state index contributed by atoms with van der Waals surface area (Å²) in [4.78, 5) is 0. The van der Waals surface area contributed by atoms with Crippen molar-refractivity contribution in [3.63, 3.8) is 0 Å². The maximum atomic E-state index is 5.77. The highest BCUT2D eigenvalue weighted by atomic mass is 14.9. The molecule has 0 heterocycles. The van der Waals surface area contributed by atoms with Crippen molar-refractivity contribution in [2.75, 3.05) is 13.1 Å². The minimum atomic E-state index is 0.153. The van der Waals surface area contributed by atoms with Crippen molar-refractivity contribution in [3.05, 3.63) is 34.4 Å². The van der Waals surface area contributed by atoms with Gasteiger partial charge in [-0.25, -0.2) is 0 Å². The Labute approximate surface area is 118 Å². The van der Waals surface area contributed by atoms with Gasteiger partial charge in [0.1, 0.15) is 0 Å². The van der Waals surface area contributed by atoms with E-state index in [1.807, 2.05) is 0 Å². The van der Waals surface area contributed by atoms with Gasteiger partial charge in [0.2, 0.25) is 0 Å². The summed E-state index contributed by atoms with van der Waals surface area (Å²) in [6.45, 7) is 15.2. The van der Waals surface area contributed by atoms with Crippen LogP contribution in [0.4, 0.5) is 0 Å². The lowest BCUT2D eigenvalue weighted by Gasteiger charge is -2.28. The van der Waals surface area contributed by atoms with E-state index in [1.165, 1.54) is 22.3 Å². The average Bonchev–Trinajstić information content (AvgIpc) is 2.29. The fourth-order valence-corrected chi connectivity index (χ4v) is 2.52. The third kappa shape index (κ3) is 4.63. The predicted octanol–water partition coefficient (Wildman–Crippen LogP) is 3.22. The van der Waals surface area contributed by atoms with Crippen LogP contribution in [-0.2, 0) is 5.41 Å². The molecule has 1 unspecified atom stereocenters. The lowest BCUT2D eigenvalue weighted by molar-refractivity contribution is 0.456. The first kappa shape index (κ1) is 16.2. The molecule has 0 aromatic heterocycles. The van der Waals surface area contributed by atoms with Crippen LogP contribution in [0.2, 0.25) is 0 Å². The molecule has 108 valence electrons. The quantitative estimate of drug-likeness (QED) is 0.773. The molecule has 0 fully saturated rings. The highest BCUT2D eigenvalue weighted by Gasteiger charge is 2.22. The predicted molar refractivity (Wildman–Crippen MR) is 84.8 cm³/mol. The van der Waals surface area contributed by atoms with Crippen molar-refractivity contribution in [3.8, 4) is 0 Å². The second-order valence-corrected chi connectivity index (χ2v) is 6.58. The highest BCUT2D eigenvalue weighted by molar-refractivity contribution is 5.40. The van der Waals surface area contributed by atoms with E-state index in [-0.39, 0.29) is 11.5 Å². The molecule has 0 radical (unpaired) electrons. The Morgan fingerprint density at radius 3 is 2.26 bits per heavy atom. The van der Waals surface area contributed by atoms with Crippen molar-refractivity contribution in [2.24, 2.45) is 5.73 Å². The molecule has 0 bridgehead atoms. The monoisotopic (exact) mass is 262 g/mol. The molecule has 1 aromatic carbocycles. The Hall–Kier alpha value is -0.860. The van der Waals surface area contributed by atoms with Crippen LogP contribution in [0.15, 0.2) is 12.1 Å². The summed E-state index contributed by atoms with van der Waals surface area (Å²) in [5.74, 6) is 0. The Morgan fingerprint density at radius 2 is 1.68 bits per heavy atom. The summed E-state index contributed by atoms with van der Waals surface area (Å²) in [6.07, 6.45) is 1.03. The Kier molecular flexibility index (Phi) is 5.57. The molecular weight excluding hydrogens is 232 g/mol. The second-order valence-electron chi connectivity index (χ2n) is 6.58. The largest absolute Gasteiger partial charge is 0.328 e. The lowest BCUT2D eigenvalue weighted by atomic mass is 9.80. The van der Waals surface area contributed by atoms with Gasteiger partial charge >= 0.3 is 0 Å². The van der Waals surface area contributed by atoms with E-state index in [0.717, 1.165) is 19.5 Å². The number of aryl methyl sites for hydroxylation is 3. The zero-order chi connectivity index (χ0) is 14.6. The van der Waals surface area contributed by atoms with Crippen molar-refractivity contribution in [1.29, 1.82) is 0 Å². The summed E-state index contributed by atoms with van der Waals surface area (Å²) in [5.41, 5.74) is 11.5. The van der Waals surface area contributed by atoms with Crippen molar-refractivity contribution >= 4 is 0 Å². The van der Waals surface area contributed by atoms with Gasteiger partial charge < -0.3 is 11.1 Å². The summed E-state index contributed by atoms with van der Waals surface area (Å²) >= 11 is 0. The fourth-order valence-electron chi connectivity index (χ4n) is 2.52. The number of benzene rings is 1. The molecule has 1 aromatic rings. The average molecular weight is 262 g/mol. The molecule has 1 atom stereocenters.